The van der Waals surface area contributed by atoms with E-state index in [2.05, 4.69) is 20.3 Å². The summed E-state index contributed by atoms with van der Waals surface area (Å²) in [6.07, 6.45) is 4.98. The number of benzene rings is 2. The van der Waals surface area contributed by atoms with E-state index in [-0.39, 0.29) is 0 Å². The van der Waals surface area contributed by atoms with Crippen molar-refractivity contribution in [3.8, 4) is 11.5 Å². The van der Waals surface area contributed by atoms with Crippen molar-refractivity contribution >= 4 is 22.4 Å². The van der Waals surface area contributed by atoms with Gasteiger partial charge in [-0.05, 0) is 42.5 Å². The van der Waals surface area contributed by atoms with Crippen molar-refractivity contribution in [3.05, 3.63) is 79.4 Å². The summed E-state index contributed by atoms with van der Waals surface area (Å²) in [5.74, 6) is 2.34. The predicted molar refractivity (Wildman–Crippen MR) is 93.6 cm³/mol. The molecule has 0 amide bonds. The van der Waals surface area contributed by atoms with Gasteiger partial charge in [0.2, 0.25) is 0 Å². The van der Waals surface area contributed by atoms with E-state index in [0.717, 1.165) is 33.9 Å². The molecule has 2 heterocycles. The van der Waals surface area contributed by atoms with Gasteiger partial charge in [0.05, 0.1) is 11.7 Å². The highest BCUT2D eigenvalue weighted by Crippen LogP contribution is 2.25. The summed E-state index contributed by atoms with van der Waals surface area (Å²) < 4.78 is 5.79. The Morgan fingerprint density at radius 1 is 0.792 bits per heavy atom. The molecule has 5 heteroatoms. The highest BCUT2D eigenvalue weighted by molar-refractivity contribution is 5.89. The molecule has 0 atom stereocenters. The van der Waals surface area contributed by atoms with Gasteiger partial charge in [0.25, 0.3) is 0 Å². The number of nitrogens with one attached hydrogen (secondary N) is 1. The average molecular weight is 314 g/mol. The number of para-hydroxylation sites is 1. The third-order valence-corrected chi connectivity index (χ3v) is 3.53. The first kappa shape index (κ1) is 14.1. The molecular weight excluding hydrogens is 300 g/mol. The van der Waals surface area contributed by atoms with Crippen LogP contribution in [0.15, 0.2) is 79.4 Å². The molecule has 0 saturated carbocycles. The van der Waals surface area contributed by atoms with Gasteiger partial charge in [0.15, 0.2) is 0 Å². The van der Waals surface area contributed by atoms with E-state index in [0.29, 0.717) is 0 Å². The van der Waals surface area contributed by atoms with Gasteiger partial charge in [-0.1, -0.05) is 18.2 Å². The van der Waals surface area contributed by atoms with Gasteiger partial charge < -0.3 is 10.1 Å². The van der Waals surface area contributed by atoms with E-state index >= 15 is 0 Å². The second kappa shape index (κ2) is 6.34. The normalized spacial score (nSPS) is 10.5. The molecule has 2 aromatic heterocycles. The van der Waals surface area contributed by atoms with Gasteiger partial charge in [-0.15, -0.1) is 0 Å². The number of aromatic nitrogens is 3. The third-order valence-electron chi connectivity index (χ3n) is 3.53. The molecule has 0 aliphatic carbocycles. The van der Waals surface area contributed by atoms with Gasteiger partial charge in [0, 0.05) is 17.3 Å². The van der Waals surface area contributed by atoms with E-state index in [9.17, 15) is 0 Å². The van der Waals surface area contributed by atoms with Gasteiger partial charge in [-0.3, -0.25) is 4.98 Å². The summed E-state index contributed by atoms with van der Waals surface area (Å²) in [6.45, 7) is 0. The van der Waals surface area contributed by atoms with Crippen LogP contribution in [-0.2, 0) is 0 Å². The van der Waals surface area contributed by atoms with Gasteiger partial charge >= 0.3 is 0 Å². The minimum atomic E-state index is 0.749. The molecule has 0 unspecified atom stereocenters. The Labute approximate surface area is 139 Å². The van der Waals surface area contributed by atoms with Crippen LogP contribution in [0.2, 0.25) is 0 Å². The number of rotatable bonds is 4. The minimum absolute atomic E-state index is 0.749. The molecule has 0 radical (unpaired) electrons. The Morgan fingerprint density at radius 2 is 1.58 bits per heavy atom. The summed E-state index contributed by atoms with van der Waals surface area (Å²) in [6, 6.07) is 19.3. The van der Waals surface area contributed by atoms with Crippen molar-refractivity contribution in [1.29, 1.82) is 0 Å². The zero-order chi connectivity index (χ0) is 16.2. The minimum Gasteiger partial charge on any atom is -0.457 e. The van der Waals surface area contributed by atoms with Crippen molar-refractivity contribution in [3.63, 3.8) is 0 Å². The number of hydrogen-bond acceptors (Lipinski definition) is 5. The van der Waals surface area contributed by atoms with Crippen LogP contribution >= 0.6 is 0 Å². The van der Waals surface area contributed by atoms with Crippen molar-refractivity contribution in [1.82, 2.24) is 15.0 Å². The number of anilines is 2. The highest BCUT2D eigenvalue weighted by atomic mass is 16.5. The first-order chi connectivity index (χ1) is 11.9. The van der Waals surface area contributed by atoms with Crippen LogP contribution in [0.4, 0.5) is 11.5 Å². The van der Waals surface area contributed by atoms with E-state index < -0.39 is 0 Å². The number of fused-ring (bicyclic) bond motifs is 1. The lowest BCUT2D eigenvalue weighted by atomic mass is 10.2. The summed E-state index contributed by atoms with van der Waals surface area (Å²) in [5.41, 5.74) is 1.73. The molecule has 1 N–H and O–H groups in total. The Balaban J connectivity index is 1.55. The van der Waals surface area contributed by atoms with E-state index in [1.54, 1.807) is 12.4 Å². The molecule has 0 bridgehead atoms. The molecular formula is C19H14N4O. The second-order valence-corrected chi connectivity index (χ2v) is 5.18. The first-order valence-corrected chi connectivity index (χ1v) is 7.53. The second-order valence-electron chi connectivity index (χ2n) is 5.18. The molecule has 0 aliphatic rings. The van der Waals surface area contributed by atoms with Crippen LogP contribution in [-0.4, -0.2) is 15.0 Å². The maximum Gasteiger partial charge on any atom is 0.141 e. The number of ether oxygens (including phenoxy) is 1. The van der Waals surface area contributed by atoms with Crippen LogP contribution in [0, 0.1) is 0 Å². The van der Waals surface area contributed by atoms with Crippen LogP contribution < -0.4 is 10.1 Å². The van der Waals surface area contributed by atoms with E-state index in [1.165, 1.54) is 6.33 Å². The molecule has 0 aliphatic heterocycles. The quantitative estimate of drug-likeness (QED) is 0.598. The van der Waals surface area contributed by atoms with Crippen LogP contribution in [0.1, 0.15) is 0 Å². The number of pyridine rings is 1. The maximum absolute atomic E-state index is 5.79. The van der Waals surface area contributed by atoms with Gasteiger partial charge in [0.1, 0.15) is 23.6 Å². The molecule has 0 spiro atoms. The molecule has 0 fully saturated rings. The van der Waals surface area contributed by atoms with E-state index in [1.807, 2.05) is 60.7 Å². The Kier molecular flexibility index (Phi) is 3.73. The fourth-order valence-electron chi connectivity index (χ4n) is 2.37. The Hall–Kier alpha value is -3.47. The van der Waals surface area contributed by atoms with E-state index in [4.69, 9.17) is 4.74 Å². The summed E-state index contributed by atoms with van der Waals surface area (Å²) in [7, 11) is 0. The SMILES string of the molecule is c1ccc(Oc2ccc(Nc3ncnc4cnccc34)cc2)cc1. The summed E-state index contributed by atoms with van der Waals surface area (Å²) >= 11 is 0. The maximum atomic E-state index is 5.79. The lowest BCUT2D eigenvalue weighted by Gasteiger charge is -2.09. The molecule has 5 nitrogen and oxygen atoms in total. The average Bonchev–Trinajstić information content (AvgIpc) is 2.65. The highest BCUT2D eigenvalue weighted by Gasteiger charge is 2.04. The zero-order valence-corrected chi connectivity index (χ0v) is 12.8. The smallest absolute Gasteiger partial charge is 0.141 e. The standard InChI is InChI=1S/C19H14N4O/c1-2-4-15(5-3-1)24-16-8-6-14(7-9-16)23-19-17-10-11-20-12-18(17)21-13-22-19/h1-13H,(H,21,22,23). The summed E-state index contributed by atoms with van der Waals surface area (Å²) in [5, 5.41) is 4.23. The molecule has 24 heavy (non-hydrogen) atoms. The van der Waals surface area contributed by atoms with Crippen LogP contribution in [0.3, 0.4) is 0 Å². The van der Waals surface area contributed by atoms with Crippen LogP contribution in [0.5, 0.6) is 11.5 Å². The van der Waals surface area contributed by atoms with Gasteiger partial charge in [-0.2, -0.15) is 0 Å². The Bertz CT molecular complexity index is 950. The summed E-state index contributed by atoms with van der Waals surface area (Å²) in [4.78, 5) is 12.6. The molecule has 2 aromatic carbocycles. The Morgan fingerprint density at radius 3 is 2.42 bits per heavy atom. The molecule has 4 rings (SSSR count). The lowest BCUT2D eigenvalue weighted by molar-refractivity contribution is 0.483. The fourth-order valence-corrected chi connectivity index (χ4v) is 2.37. The molecule has 0 saturated heterocycles. The monoisotopic (exact) mass is 314 g/mol. The fraction of sp³-hybridized carbons (Fsp3) is 0. The van der Waals surface area contributed by atoms with Crippen molar-refractivity contribution in [2.45, 2.75) is 0 Å². The molecule has 4 aromatic rings. The third kappa shape index (κ3) is 3.01. The van der Waals surface area contributed by atoms with Crippen molar-refractivity contribution < 1.29 is 4.74 Å². The number of hydrogen-bond donors (Lipinski definition) is 1. The van der Waals surface area contributed by atoms with Crippen molar-refractivity contribution in [2.75, 3.05) is 5.32 Å². The lowest BCUT2D eigenvalue weighted by Crippen LogP contribution is -1.96. The first-order valence-electron chi connectivity index (χ1n) is 7.53. The zero-order valence-electron chi connectivity index (χ0n) is 12.8. The number of nitrogens with zero attached hydrogens (tertiary/aromatic N) is 3. The molecule has 116 valence electrons. The van der Waals surface area contributed by atoms with Gasteiger partial charge in [-0.25, -0.2) is 9.97 Å². The predicted octanol–water partition coefficient (Wildman–Crippen LogP) is 4.56. The largest absolute Gasteiger partial charge is 0.457 e. The van der Waals surface area contributed by atoms with Crippen LogP contribution in [0.25, 0.3) is 10.9 Å². The van der Waals surface area contributed by atoms with Crippen molar-refractivity contribution in [2.24, 2.45) is 0 Å². The topological polar surface area (TPSA) is 59.9 Å².